The number of hydrogen-bond acceptors (Lipinski definition) is 4. The standard InChI is InChI=1S/C17H23N5O/c1-13(14-5-3-2-4-6-14)11-19-17(23)16-12-22(21-20-16)15-7-9-18-10-8-15/h2-6,12-13,15,18H,7-11H2,1H3,(H,19,23). The van der Waals surface area contributed by atoms with Crippen LogP contribution >= 0.6 is 0 Å². The molecule has 2 heterocycles. The fourth-order valence-corrected chi connectivity index (χ4v) is 2.87. The SMILES string of the molecule is CC(CNC(=O)c1cn(C2CCNCC2)nn1)c1ccccc1. The van der Waals surface area contributed by atoms with Crippen molar-refractivity contribution < 1.29 is 4.79 Å². The highest BCUT2D eigenvalue weighted by Gasteiger charge is 2.19. The maximum Gasteiger partial charge on any atom is 0.273 e. The van der Waals surface area contributed by atoms with E-state index in [9.17, 15) is 4.79 Å². The third-order valence-corrected chi connectivity index (χ3v) is 4.36. The van der Waals surface area contributed by atoms with Crippen LogP contribution in [0.5, 0.6) is 0 Å². The predicted molar refractivity (Wildman–Crippen MR) is 88.4 cm³/mol. The van der Waals surface area contributed by atoms with Crippen molar-refractivity contribution in [2.45, 2.75) is 31.7 Å². The monoisotopic (exact) mass is 313 g/mol. The average Bonchev–Trinajstić information content (AvgIpc) is 3.11. The average molecular weight is 313 g/mol. The van der Waals surface area contributed by atoms with Crippen LogP contribution in [0.15, 0.2) is 36.5 Å². The summed E-state index contributed by atoms with van der Waals surface area (Å²) in [5.41, 5.74) is 1.61. The molecule has 0 bridgehead atoms. The van der Waals surface area contributed by atoms with Crippen LogP contribution in [0.25, 0.3) is 0 Å². The number of nitrogens with zero attached hydrogens (tertiary/aromatic N) is 3. The zero-order chi connectivity index (χ0) is 16.1. The molecule has 2 N–H and O–H groups in total. The molecule has 1 aliphatic heterocycles. The summed E-state index contributed by atoms with van der Waals surface area (Å²) in [6.45, 7) is 4.66. The Hall–Kier alpha value is -2.21. The number of nitrogens with one attached hydrogen (secondary N) is 2. The van der Waals surface area contributed by atoms with Gasteiger partial charge in [-0.05, 0) is 37.4 Å². The molecule has 6 heteroatoms. The van der Waals surface area contributed by atoms with Gasteiger partial charge in [-0.15, -0.1) is 5.10 Å². The van der Waals surface area contributed by atoms with Gasteiger partial charge in [0.05, 0.1) is 12.2 Å². The first-order valence-corrected chi connectivity index (χ1v) is 8.19. The summed E-state index contributed by atoms with van der Waals surface area (Å²) in [5, 5.41) is 14.4. The fraction of sp³-hybridized carbons (Fsp3) is 0.471. The van der Waals surface area contributed by atoms with Crippen molar-refractivity contribution in [2.75, 3.05) is 19.6 Å². The van der Waals surface area contributed by atoms with E-state index in [0.29, 0.717) is 18.3 Å². The number of carbonyl (C=O) groups is 1. The number of amides is 1. The van der Waals surface area contributed by atoms with Crippen molar-refractivity contribution in [1.82, 2.24) is 25.6 Å². The molecule has 1 amide bonds. The molecule has 1 aliphatic rings. The molecule has 1 aromatic carbocycles. The highest BCUT2D eigenvalue weighted by atomic mass is 16.2. The van der Waals surface area contributed by atoms with Crippen molar-refractivity contribution in [3.8, 4) is 0 Å². The molecule has 0 radical (unpaired) electrons. The van der Waals surface area contributed by atoms with E-state index < -0.39 is 0 Å². The van der Waals surface area contributed by atoms with Gasteiger partial charge in [0.1, 0.15) is 0 Å². The van der Waals surface area contributed by atoms with Crippen molar-refractivity contribution >= 4 is 5.91 Å². The highest BCUT2D eigenvalue weighted by molar-refractivity contribution is 5.91. The topological polar surface area (TPSA) is 71.8 Å². The van der Waals surface area contributed by atoms with Crippen molar-refractivity contribution in [3.05, 3.63) is 47.8 Å². The summed E-state index contributed by atoms with van der Waals surface area (Å²) in [7, 11) is 0. The molecular formula is C17H23N5O. The normalized spacial score (nSPS) is 16.9. The van der Waals surface area contributed by atoms with Gasteiger partial charge < -0.3 is 10.6 Å². The fourth-order valence-electron chi connectivity index (χ4n) is 2.87. The lowest BCUT2D eigenvalue weighted by Crippen LogP contribution is -2.29. The molecule has 1 aromatic heterocycles. The molecule has 1 atom stereocenters. The molecule has 3 rings (SSSR count). The first-order chi connectivity index (χ1) is 11.2. The second kappa shape index (κ2) is 7.37. The van der Waals surface area contributed by atoms with Crippen LogP contribution in [-0.2, 0) is 0 Å². The summed E-state index contributed by atoms with van der Waals surface area (Å²) in [5.74, 6) is 0.104. The Balaban J connectivity index is 1.55. The first-order valence-electron chi connectivity index (χ1n) is 8.19. The van der Waals surface area contributed by atoms with Crippen LogP contribution in [0.3, 0.4) is 0 Å². The molecule has 2 aromatic rings. The third-order valence-electron chi connectivity index (χ3n) is 4.36. The van der Waals surface area contributed by atoms with Gasteiger partial charge in [0, 0.05) is 6.54 Å². The van der Waals surface area contributed by atoms with Crippen LogP contribution in [0, 0.1) is 0 Å². The minimum Gasteiger partial charge on any atom is -0.350 e. The van der Waals surface area contributed by atoms with E-state index in [1.54, 1.807) is 6.20 Å². The maximum atomic E-state index is 12.2. The lowest BCUT2D eigenvalue weighted by molar-refractivity contribution is 0.0946. The predicted octanol–water partition coefficient (Wildman–Crippen LogP) is 1.74. The van der Waals surface area contributed by atoms with Crippen LogP contribution < -0.4 is 10.6 Å². The zero-order valence-electron chi connectivity index (χ0n) is 13.4. The van der Waals surface area contributed by atoms with Crippen molar-refractivity contribution in [2.24, 2.45) is 0 Å². The lowest BCUT2D eigenvalue weighted by Gasteiger charge is -2.22. The lowest BCUT2D eigenvalue weighted by atomic mass is 10.0. The number of aromatic nitrogens is 3. The zero-order valence-corrected chi connectivity index (χ0v) is 13.4. The summed E-state index contributed by atoms with van der Waals surface area (Å²) in [6, 6.07) is 10.5. The molecule has 6 nitrogen and oxygen atoms in total. The highest BCUT2D eigenvalue weighted by Crippen LogP contribution is 2.17. The summed E-state index contributed by atoms with van der Waals surface area (Å²) in [6.07, 6.45) is 3.81. The molecule has 1 saturated heterocycles. The van der Waals surface area contributed by atoms with Gasteiger partial charge in [0.2, 0.25) is 0 Å². The molecule has 1 unspecified atom stereocenters. The Morgan fingerprint density at radius 1 is 1.35 bits per heavy atom. The molecule has 1 fully saturated rings. The quantitative estimate of drug-likeness (QED) is 0.882. The summed E-state index contributed by atoms with van der Waals surface area (Å²) in [4.78, 5) is 12.2. The molecular weight excluding hydrogens is 290 g/mol. The van der Waals surface area contributed by atoms with E-state index in [0.717, 1.165) is 25.9 Å². The van der Waals surface area contributed by atoms with Gasteiger partial charge in [-0.1, -0.05) is 42.5 Å². The molecule has 0 saturated carbocycles. The van der Waals surface area contributed by atoms with E-state index in [2.05, 4.69) is 40.0 Å². The van der Waals surface area contributed by atoms with Gasteiger partial charge in [-0.3, -0.25) is 4.79 Å². The Morgan fingerprint density at radius 2 is 2.09 bits per heavy atom. The molecule has 23 heavy (non-hydrogen) atoms. The van der Waals surface area contributed by atoms with Crippen LogP contribution in [0.4, 0.5) is 0 Å². The molecule has 122 valence electrons. The van der Waals surface area contributed by atoms with Crippen molar-refractivity contribution in [3.63, 3.8) is 0 Å². The molecule has 0 aliphatic carbocycles. The second-order valence-corrected chi connectivity index (χ2v) is 6.09. The minimum atomic E-state index is -0.159. The van der Waals surface area contributed by atoms with Gasteiger partial charge in [-0.25, -0.2) is 4.68 Å². The Kier molecular flexibility index (Phi) is 5.02. The molecule has 0 spiro atoms. The van der Waals surface area contributed by atoms with Gasteiger partial charge in [0.25, 0.3) is 5.91 Å². The Morgan fingerprint density at radius 3 is 2.83 bits per heavy atom. The number of benzene rings is 1. The number of carbonyl (C=O) groups excluding carboxylic acids is 1. The maximum absolute atomic E-state index is 12.2. The van der Waals surface area contributed by atoms with E-state index in [1.807, 2.05) is 22.9 Å². The Labute approximate surface area is 136 Å². The smallest absolute Gasteiger partial charge is 0.273 e. The van der Waals surface area contributed by atoms with E-state index >= 15 is 0 Å². The van der Waals surface area contributed by atoms with Crippen LogP contribution in [0.1, 0.15) is 47.8 Å². The van der Waals surface area contributed by atoms with E-state index in [-0.39, 0.29) is 11.8 Å². The van der Waals surface area contributed by atoms with Gasteiger partial charge in [0.15, 0.2) is 5.69 Å². The summed E-state index contributed by atoms with van der Waals surface area (Å²) >= 11 is 0. The second-order valence-electron chi connectivity index (χ2n) is 6.09. The third kappa shape index (κ3) is 3.96. The van der Waals surface area contributed by atoms with Crippen LogP contribution in [0.2, 0.25) is 0 Å². The van der Waals surface area contributed by atoms with Crippen molar-refractivity contribution in [1.29, 1.82) is 0 Å². The van der Waals surface area contributed by atoms with Crippen LogP contribution in [-0.4, -0.2) is 40.5 Å². The largest absolute Gasteiger partial charge is 0.350 e. The first kappa shape index (κ1) is 15.7. The van der Waals surface area contributed by atoms with E-state index in [1.165, 1.54) is 5.56 Å². The number of rotatable bonds is 5. The number of piperidine rings is 1. The van der Waals surface area contributed by atoms with Gasteiger partial charge >= 0.3 is 0 Å². The minimum absolute atomic E-state index is 0.159. The number of hydrogen-bond donors (Lipinski definition) is 2. The summed E-state index contributed by atoms with van der Waals surface area (Å²) < 4.78 is 1.83. The van der Waals surface area contributed by atoms with Gasteiger partial charge in [-0.2, -0.15) is 0 Å². The Bertz CT molecular complexity index is 633. The van der Waals surface area contributed by atoms with E-state index in [4.69, 9.17) is 0 Å².